The Morgan fingerprint density at radius 3 is 2.50 bits per heavy atom. The zero-order chi connectivity index (χ0) is 9.14. The molecule has 0 aromatic carbocycles. The first-order valence-corrected chi connectivity index (χ1v) is 6.05. The molecule has 0 saturated carbocycles. The Hall–Kier alpha value is 0.650. The zero-order valence-corrected chi connectivity index (χ0v) is 10.3. The smallest absolute Gasteiger partial charge is 0.0769 e. The molecule has 3 unspecified atom stereocenters. The van der Waals surface area contributed by atoms with E-state index in [1.54, 1.807) is 0 Å². The highest BCUT2D eigenvalue weighted by Gasteiger charge is 2.39. The van der Waals surface area contributed by atoms with Crippen LogP contribution in [0.2, 0.25) is 0 Å². The van der Waals surface area contributed by atoms with Gasteiger partial charge in [-0.2, -0.15) is 0 Å². The van der Waals surface area contributed by atoms with E-state index in [0.717, 1.165) is 18.6 Å². The fourth-order valence-electron chi connectivity index (χ4n) is 1.79. The lowest BCUT2D eigenvalue weighted by Crippen LogP contribution is -2.68. The summed E-state index contributed by atoms with van der Waals surface area (Å²) in [4.78, 5) is 2.45. The van der Waals surface area contributed by atoms with Crippen LogP contribution in [-0.4, -0.2) is 34.6 Å². The molecule has 1 saturated heterocycles. The average Bonchev–Trinajstić information content (AvgIpc) is 2.03. The molecule has 1 aliphatic heterocycles. The SMILES string of the molecule is CCCC1NC(I)C1N(C)CC. The van der Waals surface area contributed by atoms with Crippen LogP contribution in [-0.2, 0) is 0 Å². The van der Waals surface area contributed by atoms with Crippen LogP contribution in [0.4, 0.5) is 0 Å². The zero-order valence-electron chi connectivity index (χ0n) is 8.18. The molecular weight excluding hydrogens is 263 g/mol. The summed E-state index contributed by atoms with van der Waals surface area (Å²) in [7, 11) is 2.22. The molecule has 0 aromatic rings. The van der Waals surface area contributed by atoms with Crippen LogP contribution in [0, 0.1) is 0 Å². The van der Waals surface area contributed by atoms with Crippen molar-refractivity contribution in [1.82, 2.24) is 10.2 Å². The van der Waals surface area contributed by atoms with Crippen molar-refractivity contribution in [2.24, 2.45) is 0 Å². The highest BCUT2D eigenvalue weighted by Crippen LogP contribution is 2.26. The monoisotopic (exact) mass is 282 g/mol. The van der Waals surface area contributed by atoms with Gasteiger partial charge in [0.2, 0.25) is 0 Å². The number of nitrogens with zero attached hydrogens (tertiary/aromatic N) is 1. The molecule has 0 aromatic heterocycles. The summed E-state index contributed by atoms with van der Waals surface area (Å²) >= 11 is 2.50. The van der Waals surface area contributed by atoms with E-state index in [9.17, 15) is 0 Å². The largest absolute Gasteiger partial charge is 0.300 e. The molecule has 0 amide bonds. The molecule has 72 valence electrons. The predicted octanol–water partition coefficient (Wildman–Crippen LogP) is 1.84. The van der Waals surface area contributed by atoms with Gasteiger partial charge >= 0.3 is 0 Å². The number of halogens is 1. The summed E-state index contributed by atoms with van der Waals surface area (Å²) in [6.07, 6.45) is 2.60. The molecule has 1 heterocycles. The Morgan fingerprint density at radius 2 is 2.08 bits per heavy atom. The van der Waals surface area contributed by atoms with Crippen molar-refractivity contribution in [3.8, 4) is 0 Å². The van der Waals surface area contributed by atoms with Crippen molar-refractivity contribution in [2.75, 3.05) is 13.6 Å². The van der Waals surface area contributed by atoms with E-state index in [2.05, 4.69) is 53.7 Å². The van der Waals surface area contributed by atoms with Crippen LogP contribution in [0.5, 0.6) is 0 Å². The van der Waals surface area contributed by atoms with Gasteiger partial charge in [-0.1, -0.05) is 42.9 Å². The third-order valence-corrected chi connectivity index (χ3v) is 3.79. The van der Waals surface area contributed by atoms with Gasteiger partial charge in [-0.15, -0.1) is 0 Å². The number of rotatable bonds is 4. The van der Waals surface area contributed by atoms with E-state index < -0.39 is 0 Å². The van der Waals surface area contributed by atoms with E-state index in [0.29, 0.717) is 4.05 Å². The lowest BCUT2D eigenvalue weighted by atomic mass is 9.94. The molecule has 1 N–H and O–H groups in total. The first-order chi connectivity index (χ1) is 5.70. The molecule has 1 fully saturated rings. The van der Waals surface area contributed by atoms with Crippen molar-refractivity contribution < 1.29 is 0 Å². The highest BCUT2D eigenvalue weighted by atomic mass is 127. The van der Waals surface area contributed by atoms with Crippen molar-refractivity contribution in [3.63, 3.8) is 0 Å². The van der Waals surface area contributed by atoms with Crippen LogP contribution in [0.1, 0.15) is 26.7 Å². The van der Waals surface area contributed by atoms with Gasteiger partial charge < -0.3 is 0 Å². The standard InChI is InChI=1S/C9H19IN2/c1-4-6-7-8(9(10)11-7)12(3)5-2/h7-9,11H,4-6H2,1-3H3. The van der Waals surface area contributed by atoms with Crippen LogP contribution >= 0.6 is 22.6 Å². The summed E-state index contributed by atoms with van der Waals surface area (Å²) in [6, 6.07) is 1.50. The van der Waals surface area contributed by atoms with Gasteiger partial charge in [0.05, 0.1) is 4.05 Å². The Labute approximate surface area is 89.2 Å². The Balaban J connectivity index is 2.38. The van der Waals surface area contributed by atoms with E-state index in [1.807, 2.05) is 0 Å². The van der Waals surface area contributed by atoms with E-state index in [1.165, 1.54) is 12.8 Å². The molecule has 3 heteroatoms. The first-order valence-electron chi connectivity index (χ1n) is 4.81. The van der Waals surface area contributed by atoms with Crippen LogP contribution < -0.4 is 5.32 Å². The normalized spacial score (nSPS) is 35.2. The third kappa shape index (κ3) is 2.12. The number of alkyl halides is 1. The summed E-state index contributed by atoms with van der Waals surface area (Å²) in [5.41, 5.74) is 0. The Morgan fingerprint density at radius 1 is 1.42 bits per heavy atom. The molecule has 1 rings (SSSR count). The second-order valence-electron chi connectivity index (χ2n) is 3.53. The maximum atomic E-state index is 3.55. The molecule has 1 aliphatic rings. The second-order valence-corrected chi connectivity index (χ2v) is 4.87. The topological polar surface area (TPSA) is 15.3 Å². The fraction of sp³-hybridized carbons (Fsp3) is 1.00. The minimum absolute atomic E-state index is 0.657. The van der Waals surface area contributed by atoms with Gasteiger partial charge in [0.25, 0.3) is 0 Å². The second kappa shape index (κ2) is 4.77. The Bertz CT molecular complexity index is 138. The van der Waals surface area contributed by atoms with Gasteiger partial charge in [-0.25, -0.2) is 0 Å². The maximum Gasteiger partial charge on any atom is 0.0769 e. The summed E-state index contributed by atoms with van der Waals surface area (Å²) in [5.74, 6) is 0. The minimum Gasteiger partial charge on any atom is -0.300 e. The van der Waals surface area contributed by atoms with Crippen molar-refractivity contribution in [3.05, 3.63) is 0 Å². The first kappa shape index (κ1) is 10.7. The number of hydrogen-bond donors (Lipinski definition) is 1. The van der Waals surface area contributed by atoms with E-state index >= 15 is 0 Å². The molecule has 0 aliphatic carbocycles. The third-order valence-electron chi connectivity index (χ3n) is 2.69. The Kier molecular flexibility index (Phi) is 4.26. The van der Waals surface area contributed by atoms with Crippen molar-refractivity contribution in [2.45, 2.75) is 42.8 Å². The van der Waals surface area contributed by atoms with Crippen LogP contribution in [0.3, 0.4) is 0 Å². The maximum absolute atomic E-state index is 3.55. The number of hydrogen-bond acceptors (Lipinski definition) is 2. The molecule has 0 spiro atoms. The van der Waals surface area contributed by atoms with Gasteiger partial charge in [0.15, 0.2) is 0 Å². The summed E-state index contributed by atoms with van der Waals surface area (Å²) in [5, 5.41) is 3.55. The molecule has 0 bridgehead atoms. The quantitative estimate of drug-likeness (QED) is 0.481. The van der Waals surface area contributed by atoms with Crippen molar-refractivity contribution in [1.29, 1.82) is 0 Å². The molecule has 12 heavy (non-hydrogen) atoms. The van der Waals surface area contributed by atoms with Gasteiger partial charge in [0, 0.05) is 12.1 Å². The average molecular weight is 282 g/mol. The van der Waals surface area contributed by atoms with Crippen LogP contribution in [0.15, 0.2) is 0 Å². The molecule has 0 radical (unpaired) electrons. The molecule has 2 nitrogen and oxygen atoms in total. The predicted molar refractivity (Wildman–Crippen MR) is 61.7 cm³/mol. The summed E-state index contributed by atoms with van der Waals surface area (Å²) < 4.78 is 0.657. The lowest BCUT2D eigenvalue weighted by Gasteiger charge is -2.48. The van der Waals surface area contributed by atoms with E-state index in [4.69, 9.17) is 0 Å². The summed E-state index contributed by atoms with van der Waals surface area (Å²) in [6.45, 7) is 5.64. The van der Waals surface area contributed by atoms with Gasteiger partial charge in [-0.05, 0) is 20.0 Å². The minimum atomic E-state index is 0.657. The van der Waals surface area contributed by atoms with E-state index in [-0.39, 0.29) is 0 Å². The fourth-order valence-corrected chi connectivity index (χ4v) is 3.31. The lowest BCUT2D eigenvalue weighted by molar-refractivity contribution is 0.112. The van der Waals surface area contributed by atoms with Crippen LogP contribution in [0.25, 0.3) is 0 Å². The van der Waals surface area contributed by atoms with Gasteiger partial charge in [-0.3, -0.25) is 10.2 Å². The van der Waals surface area contributed by atoms with Crippen molar-refractivity contribution >= 4 is 22.6 Å². The molecular formula is C9H19IN2. The highest BCUT2D eigenvalue weighted by molar-refractivity contribution is 14.1. The number of likely N-dealkylation sites (N-methyl/N-ethyl adjacent to an activating group) is 1. The number of nitrogens with one attached hydrogen (secondary N) is 1. The van der Waals surface area contributed by atoms with Gasteiger partial charge in [0.1, 0.15) is 0 Å². The molecule has 3 atom stereocenters.